The first-order valence-electron chi connectivity index (χ1n) is 11.1. The van der Waals surface area contributed by atoms with Crippen molar-refractivity contribution in [3.05, 3.63) is 26.6 Å². The average Bonchev–Trinajstić information content (AvgIpc) is 3.10. The molecule has 0 radical (unpaired) electrons. The Morgan fingerprint density at radius 3 is 2.69 bits per heavy atom. The van der Waals surface area contributed by atoms with Crippen molar-refractivity contribution in [2.45, 2.75) is 76.2 Å². The molecule has 0 aromatic carbocycles. The molecule has 2 aliphatic carbocycles. The lowest BCUT2D eigenvalue weighted by molar-refractivity contribution is -0.916. The van der Waals surface area contributed by atoms with Crippen LogP contribution in [0.2, 0.25) is 0 Å². The second kappa shape index (κ2) is 8.56. The average molecular weight is 418 g/mol. The van der Waals surface area contributed by atoms with Gasteiger partial charge in [0.25, 0.3) is 5.56 Å². The van der Waals surface area contributed by atoms with Gasteiger partial charge in [-0.15, -0.1) is 11.3 Å². The van der Waals surface area contributed by atoms with Crippen molar-refractivity contribution in [3.8, 4) is 0 Å². The number of rotatable bonds is 6. The summed E-state index contributed by atoms with van der Waals surface area (Å²) in [5.41, 5.74) is 1.33. The van der Waals surface area contributed by atoms with E-state index in [9.17, 15) is 9.59 Å². The first kappa shape index (κ1) is 20.5. The molecular formula is C22H33N4O2S+. The van der Waals surface area contributed by atoms with Crippen molar-refractivity contribution in [2.24, 2.45) is 0 Å². The van der Waals surface area contributed by atoms with Crippen LogP contribution in [0.25, 0.3) is 10.2 Å². The Labute approximate surface area is 176 Å². The van der Waals surface area contributed by atoms with Crippen LogP contribution in [0.3, 0.4) is 0 Å². The van der Waals surface area contributed by atoms with E-state index in [2.05, 4.69) is 29.4 Å². The highest BCUT2D eigenvalue weighted by Crippen LogP contribution is 2.33. The standard InChI is InChI=1S/C22H32N4O2S/c1-26(2)22(12-6-3-7-13-22)14-23-18(27)11-10-17-24-20(28)19-15-8-4-5-9-16(15)29-21(19)25-17/h3-14H2,1-2H3,(H,23,27)(H,24,25,28)/p+1. The third kappa shape index (κ3) is 4.26. The maximum Gasteiger partial charge on any atom is 0.259 e. The van der Waals surface area contributed by atoms with Crippen LogP contribution in [-0.4, -0.2) is 42.1 Å². The smallest absolute Gasteiger partial charge is 0.259 e. The van der Waals surface area contributed by atoms with Crippen molar-refractivity contribution < 1.29 is 9.69 Å². The molecule has 29 heavy (non-hydrogen) atoms. The van der Waals surface area contributed by atoms with Gasteiger partial charge in [0.15, 0.2) is 0 Å². The lowest BCUT2D eigenvalue weighted by Gasteiger charge is -2.39. The van der Waals surface area contributed by atoms with Crippen molar-refractivity contribution in [1.29, 1.82) is 0 Å². The van der Waals surface area contributed by atoms with Gasteiger partial charge < -0.3 is 15.2 Å². The highest BCUT2D eigenvalue weighted by atomic mass is 32.1. The summed E-state index contributed by atoms with van der Waals surface area (Å²) in [5, 5.41) is 3.94. The highest BCUT2D eigenvalue weighted by Gasteiger charge is 2.38. The Morgan fingerprint density at radius 2 is 1.93 bits per heavy atom. The molecule has 2 aromatic rings. The second-order valence-corrected chi connectivity index (χ2v) is 10.1. The lowest BCUT2D eigenvalue weighted by Crippen LogP contribution is -3.16. The molecular weight excluding hydrogens is 384 g/mol. The number of carbonyl (C=O) groups is 1. The normalized spacial score (nSPS) is 18.7. The zero-order chi connectivity index (χ0) is 20.4. The Bertz CT molecular complexity index is 940. The monoisotopic (exact) mass is 417 g/mol. The van der Waals surface area contributed by atoms with Crippen molar-refractivity contribution in [1.82, 2.24) is 15.3 Å². The number of carbonyl (C=O) groups excluding carboxylic acids is 1. The number of aromatic nitrogens is 2. The Morgan fingerprint density at radius 1 is 1.17 bits per heavy atom. The summed E-state index contributed by atoms with van der Waals surface area (Å²) < 4.78 is 0. The molecule has 1 amide bonds. The number of amides is 1. The van der Waals surface area contributed by atoms with E-state index in [1.165, 1.54) is 53.9 Å². The first-order valence-corrected chi connectivity index (χ1v) is 11.9. The fourth-order valence-corrected chi connectivity index (χ4v) is 6.28. The number of H-pyrrole nitrogens is 1. The first-order chi connectivity index (χ1) is 14.0. The minimum atomic E-state index is -0.0397. The largest absolute Gasteiger partial charge is 0.350 e. The summed E-state index contributed by atoms with van der Waals surface area (Å²) in [5.74, 6) is 0.672. The van der Waals surface area contributed by atoms with Gasteiger partial charge in [0, 0.05) is 30.6 Å². The number of quaternary nitrogens is 1. The van der Waals surface area contributed by atoms with Gasteiger partial charge in [-0.1, -0.05) is 6.42 Å². The fourth-order valence-electron chi connectivity index (χ4n) is 5.00. The van der Waals surface area contributed by atoms with Gasteiger partial charge in [0.05, 0.1) is 26.0 Å². The number of nitrogens with one attached hydrogen (secondary N) is 3. The SMILES string of the molecule is C[NH+](C)C1(CNC(=O)CCc2nc3sc4c(c3c(=O)[nH]2)CCCC4)CCCCC1. The molecule has 2 aromatic heterocycles. The molecule has 3 N–H and O–H groups in total. The van der Waals surface area contributed by atoms with Gasteiger partial charge in [-0.2, -0.15) is 0 Å². The van der Waals surface area contributed by atoms with Crippen molar-refractivity contribution >= 4 is 27.5 Å². The third-order valence-corrected chi connectivity index (χ3v) is 8.14. The summed E-state index contributed by atoms with van der Waals surface area (Å²) in [6.07, 6.45) is 11.4. The molecule has 0 saturated heterocycles. The summed E-state index contributed by atoms with van der Waals surface area (Å²) >= 11 is 1.66. The van der Waals surface area contributed by atoms with Crippen LogP contribution >= 0.6 is 11.3 Å². The van der Waals surface area contributed by atoms with E-state index >= 15 is 0 Å². The number of hydrogen-bond acceptors (Lipinski definition) is 4. The highest BCUT2D eigenvalue weighted by molar-refractivity contribution is 7.18. The number of aryl methyl sites for hydroxylation is 3. The Balaban J connectivity index is 1.39. The number of fused-ring (bicyclic) bond motifs is 3. The zero-order valence-corrected chi connectivity index (χ0v) is 18.5. The van der Waals surface area contributed by atoms with Gasteiger partial charge in [-0.25, -0.2) is 4.98 Å². The van der Waals surface area contributed by atoms with E-state index < -0.39 is 0 Å². The summed E-state index contributed by atoms with van der Waals surface area (Å²) in [4.78, 5) is 36.3. The molecule has 7 heteroatoms. The maximum absolute atomic E-state index is 12.6. The summed E-state index contributed by atoms with van der Waals surface area (Å²) in [6, 6.07) is 0. The predicted octanol–water partition coefficient (Wildman–Crippen LogP) is 1.76. The molecule has 0 bridgehead atoms. The van der Waals surface area contributed by atoms with E-state index in [-0.39, 0.29) is 17.0 Å². The summed E-state index contributed by atoms with van der Waals surface area (Å²) in [6.45, 7) is 0.731. The molecule has 0 spiro atoms. The number of hydrogen-bond donors (Lipinski definition) is 3. The van der Waals surface area contributed by atoms with Gasteiger partial charge in [-0.3, -0.25) is 9.59 Å². The number of thiophene rings is 1. The van der Waals surface area contributed by atoms with Crippen LogP contribution < -0.4 is 15.8 Å². The van der Waals surface area contributed by atoms with Gasteiger partial charge >= 0.3 is 0 Å². The molecule has 2 heterocycles. The van der Waals surface area contributed by atoms with Crippen molar-refractivity contribution in [3.63, 3.8) is 0 Å². The molecule has 6 nitrogen and oxygen atoms in total. The van der Waals surface area contributed by atoms with E-state index in [1.807, 2.05) is 0 Å². The quantitative estimate of drug-likeness (QED) is 0.670. The van der Waals surface area contributed by atoms with Crippen LogP contribution in [-0.2, 0) is 24.1 Å². The Hall–Kier alpha value is -1.73. The maximum atomic E-state index is 12.6. The minimum absolute atomic E-state index is 0.0397. The third-order valence-electron chi connectivity index (χ3n) is 6.96. The zero-order valence-electron chi connectivity index (χ0n) is 17.7. The van der Waals surface area contributed by atoms with Gasteiger partial charge in [-0.05, 0) is 44.1 Å². The molecule has 0 unspecified atom stereocenters. The van der Waals surface area contributed by atoms with Crippen molar-refractivity contribution in [2.75, 3.05) is 20.6 Å². The number of aromatic amines is 1. The molecule has 0 aliphatic heterocycles. The minimum Gasteiger partial charge on any atom is -0.350 e. The fraction of sp³-hybridized carbons (Fsp3) is 0.682. The second-order valence-electron chi connectivity index (χ2n) is 9.02. The molecule has 1 saturated carbocycles. The van der Waals surface area contributed by atoms with E-state index in [0.29, 0.717) is 18.7 Å². The lowest BCUT2D eigenvalue weighted by atomic mass is 9.80. The molecule has 0 atom stereocenters. The van der Waals surface area contributed by atoms with Crippen LogP contribution in [0.4, 0.5) is 0 Å². The van der Waals surface area contributed by atoms with Crippen LogP contribution in [0.15, 0.2) is 4.79 Å². The molecule has 158 valence electrons. The summed E-state index contributed by atoms with van der Waals surface area (Å²) in [7, 11) is 4.39. The topological polar surface area (TPSA) is 79.3 Å². The van der Waals surface area contributed by atoms with Crippen LogP contribution in [0.5, 0.6) is 0 Å². The predicted molar refractivity (Wildman–Crippen MR) is 117 cm³/mol. The van der Waals surface area contributed by atoms with Gasteiger partial charge in [0.2, 0.25) is 5.91 Å². The Kier molecular flexibility index (Phi) is 6.06. The van der Waals surface area contributed by atoms with E-state index in [4.69, 9.17) is 0 Å². The van der Waals surface area contributed by atoms with E-state index in [1.54, 1.807) is 11.3 Å². The van der Waals surface area contributed by atoms with E-state index in [0.717, 1.165) is 36.0 Å². The number of likely N-dealkylation sites (N-methyl/N-ethyl adjacent to an activating group) is 1. The van der Waals surface area contributed by atoms with Crippen LogP contribution in [0, 0.1) is 0 Å². The number of nitrogens with zero attached hydrogens (tertiary/aromatic N) is 1. The molecule has 2 aliphatic rings. The molecule has 1 fully saturated rings. The molecule has 4 rings (SSSR count). The van der Waals surface area contributed by atoms with Gasteiger partial charge in [0.1, 0.15) is 16.2 Å². The van der Waals surface area contributed by atoms with Crippen LogP contribution in [0.1, 0.15) is 67.6 Å².